The second-order valence-electron chi connectivity index (χ2n) is 8.07. The molecule has 7 heteroatoms. The van der Waals surface area contributed by atoms with E-state index in [0.717, 1.165) is 27.7 Å². The molecule has 1 fully saturated rings. The maximum Gasteiger partial charge on any atom is 0.333 e. The summed E-state index contributed by atoms with van der Waals surface area (Å²) in [7, 11) is 0. The van der Waals surface area contributed by atoms with Gasteiger partial charge in [0.05, 0.1) is 6.57 Å². The van der Waals surface area contributed by atoms with Crippen LogP contribution in [0.1, 0.15) is 24.1 Å². The first-order valence-corrected chi connectivity index (χ1v) is 13.5. The maximum absolute atomic E-state index is 11.1. The van der Waals surface area contributed by atoms with Gasteiger partial charge in [0.25, 0.3) is 5.70 Å². The van der Waals surface area contributed by atoms with E-state index in [1.807, 2.05) is 12.1 Å². The summed E-state index contributed by atoms with van der Waals surface area (Å²) in [4.78, 5) is 23.4. The number of carboxylic acid groups (broad SMARTS) is 1. The van der Waals surface area contributed by atoms with E-state index in [2.05, 4.69) is 58.3 Å². The van der Waals surface area contributed by atoms with Crippen molar-refractivity contribution in [2.24, 2.45) is 0 Å². The molecule has 1 saturated heterocycles. The third-order valence-corrected chi connectivity index (χ3v) is 9.46. The van der Waals surface area contributed by atoms with Gasteiger partial charge in [-0.1, -0.05) is 12.1 Å². The van der Waals surface area contributed by atoms with Crippen molar-refractivity contribution in [1.29, 1.82) is 0 Å². The second kappa shape index (κ2) is 9.98. The van der Waals surface area contributed by atoms with Gasteiger partial charge in [0.2, 0.25) is 0 Å². The summed E-state index contributed by atoms with van der Waals surface area (Å²) in [6.07, 6.45) is 5.34. The average Bonchev–Trinajstić information content (AvgIpc) is 3.63. The molecule has 0 bridgehead atoms. The number of anilines is 1. The van der Waals surface area contributed by atoms with Gasteiger partial charge in [0.15, 0.2) is 0 Å². The molecule has 34 heavy (non-hydrogen) atoms. The largest absolute Gasteiger partial charge is 0.486 e. The summed E-state index contributed by atoms with van der Waals surface area (Å²) in [5.74, 6) is -1.20. The predicted octanol–water partition coefficient (Wildman–Crippen LogP) is 8.21. The SMILES string of the molecule is [C-]#[N+]/C(=C\c1ccc(-c2ccc(-c3ccc(-c4ccc(N5CCCCC5)cc4)s3)s2)s1)C(=O)O. The fourth-order valence-corrected chi connectivity index (χ4v) is 7.20. The summed E-state index contributed by atoms with van der Waals surface area (Å²) >= 11 is 5.03. The topological polar surface area (TPSA) is 44.9 Å². The number of carboxylic acids is 1. The van der Waals surface area contributed by atoms with E-state index in [-0.39, 0.29) is 5.70 Å². The van der Waals surface area contributed by atoms with Crippen LogP contribution in [0.25, 0.3) is 40.9 Å². The number of hydrogen-bond acceptors (Lipinski definition) is 5. The average molecular weight is 503 g/mol. The Morgan fingerprint density at radius 2 is 1.35 bits per heavy atom. The van der Waals surface area contributed by atoms with Crippen molar-refractivity contribution in [3.63, 3.8) is 0 Å². The molecule has 170 valence electrons. The first-order chi connectivity index (χ1) is 16.6. The second-order valence-corrected chi connectivity index (χ2v) is 11.4. The molecular formula is C27H22N2O2S3. The molecule has 0 unspecified atom stereocenters. The Hall–Kier alpha value is -3.18. The number of rotatable bonds is 6. The third kappa shape index (κ3) is 4.85. The molecule has 3 aromatic heterocycles. The van der Waals surface area contributed by atoms with Crippen LogP contribution in [0.5, 0.6) is 0 Å². The van der Waals surface area contributed by atoms with E-state index in [1.54, 1.807) is 22.7 Å². The van der Waals surface area contributed by atoms with Crippen molar-refractivity contribution in [3.8, 4) is 29.9 Å². The predicted molar refractivity (Wildman–Crippen MR) is 145 cm³/mol. The number of hydrogen-bond donors (Lipinski definition) is 1. The van der Waals surface area contributed by atoms with Crippen LogP contribution in [0, 0.1) is 6.57 Å². The van der Waals surface area contributed by atoms with E-state index in [1.165, 1.54) is 62.6 Å². The molecule has 0 saturated carbocycles. The van der Waals surface area contributed by atoms with Crippen molar-refractivity contribution in [3.05, 3.63) is 82.7 Å². The summed E-state index contributed by atoms with van der Waals surface area (Å²) in [6.45, 7) is 9.33. The molecule has 1 aromatic carbocycles. The number of nitrogens with zero attached hydrogens (tertiary/aromatic N) is 2. The first kappa shape index (κ1) is 22.6. The van der Waals surface area contributed by atoms with Gasteiger partial charge in [-0.3, -0.25) is 4.79 Å². The fraction of sp³-hybridized carbons (Fsp3) is 0.185. The van der Waals surface area contributed by atoms with Crippen LogP contribution < -0.4 is 4.90 Å². The summed E-state index contributed by atoms with van der Waals surface area (Å²) < 4.78 is 0. The Labute approximate surface area is 210 Å². The number of aliphatic carboxylic acids is 1. The minimum atomic E-state index is -1.20. The molecule has 1 N–H and O–H groups in total. The van der Waals surface area contributed by atoms with Crippen LogP contribution >= 0.6 is 34.0 Å². The van der Waals surface area contributed by atoms with Crippen LogP contribution in [0.4, 0.5) is 5.69 Å². The summed E-state index contributed by atoms with van der Waals surface area (Å²) in [5, 5.41) is 9.07. The Morgan fingerprint density at radius 1 is 0.794 bits per heavy atom. The highest BCUT2D eigenvalue weighted by Gasteiger charge is 2.13. The lowest BCUT2D eigenvalue weighted by atomic mass is 10.1. The zero-order valence-corrected chi connectivity index (χ0v) is 20.8. The van der Waals surface area contributed by atoms with Crippen molar-refractivity contribution in [2.45, 2.75) is 19.3 Å². The molecule has 0 spiro atoms. The molecule has 4 nitrogen and oxygen atoms in total. The van der Waals surface area contributed by atoms with Gasteiger partial charge < -0.3 is 10.0 Å². The quantitative estimate of drug-likeness (QED) is 0.213. The van der Waals surface area contributed by atoms with E-state index in [4.69, 9.17) is 11.7 Å². The Bertz CT molecular complexity index is 1380. The monoisotopic (exact) mass is 502 g/mol. The molecule has 0 amide bonds. The fourth-order valence-electron chi connectivity index (χ4n) is 4.06. The highest BCUT2D eigenvalue weighted by molar-refractivity contribution is 7.27. The van der Waals surface area contributed by atoms with Gasteiger partial charge in [-0.2, -0.15) is 0 Å². The molecule has 0 aliphatic carbocycles. The molecular weight excluding hydrogens is 481 g/mol. The molecule has 4 heterocycles. The Morgan fingerprint density at radius 3 is 1.97 bits per heavy atom. The van der Waals surface area contributed by atoms with Crippen molar-refractivity contribution in [2.75, 3.05) is 18.0 Å². The number of thiophene rings is 3. The Kier molecular flexibility index (Phi) is 6.63. The van der Waals surface area contributed by atoms with E-state index in [9.17, 15) is 4.79 Å². The lowest BCUT2D eigenvalue weighted by Gasteiger charge is -2.28. The van der Waals surface area contributed by atoms with Crippen LogP contribution in [-0.2, 0) is 4.79 Å². The molecule has 4 aromatic rings. The number of benzene rings is 1. The summed E-state index contributed by atoms with van der Waals surface area (Å²) in [5.41, 5.74) is 2.30. The summed E-state index contributed by atoms with van der Waals surface area (Å²) in [6, 6.07) is 21.4. The minimum Gasteiger partial charge on any atom is -0.486 e. The van der Waals surface area contributed by atoms with Crippen molar-refractivity contribution >= 4 is 51.7 Å². The molecule has 0 radical (unpaired) electrons. The smallest absolute Gasteiger partial charge is 0.333 e. The van der Waals surface area contributed by atoms with Crippen molar-refractivity contribution in [1.82, 2.24) is 0 Å². The highest BCUT2D eigenvalue weighted by Crippen LogP contribution is 2.42. The first-order valence-electron chi connectivity index (χ1n) is 11.1. The van der Waals surface area contributed by atoms with E-state index < -0.39 is 5.97 Å². The minimum absolute atomic E-state index is 0.268. The van der Waals surface area contributed by atoms with Gasteiger partial charge in [-0.05, 0) is 79.4 Å². The normalized spacial score (nSPS) is 14.2. The van der Waals surface area contributed by atoms with E-state index >= 15 is 0 Å². The number of piperidine rings is 1. The van der Waals surface area contributed by atoms with E-state index in [0.29, 0.717) is 0 Å². The lowest BCUT2D eigenvalue weighted by Crippen LogP contribution is -2.29. The zero-order chi connectivity index (χ0) is 23.5. The third-order valence-electron chi connectivity index (χ3n) is 5.82. The van der Waals surface area contributed by atoms with Crippen LogP contribution in [0.3, 0.4) is 0 Å². The molecule has 5 rings (SSSR count). The van der Waals surface area contributed by atoms with Gasteiger partial charge in [-0.15, -0.1) is 34.0 Å². The van der Waals surface area contributed by atoms with Gasteiger partial charge in [0.1, 0.15) is 0 Å². The Balaban J connectivity index is 1.32. The number of carbonyl (C=O) groups is 1. The van der Waals surface area contributed by atoms with Crippen LogP contribution in [0.2, 0.25) is 0 Å². The lowest BCUT2D eigenvalue weighted by molar-refractivity contribution is -0.132. The van der Waals surface area contributed by atoms with Gasteiger partial charge in [-0.25, -0.2) is 4.85 Å². The highest BCUT2D eigenvalue weighted by atomic mass is 32.1. The molecule has 1 aliphatic heterocycles. The zero-order valence-electron chi connectivity index (χ0n) is 18.4. The van der Waals surface area contributed by atoms with Gasteiger partial charge >= 0.3 is 5.97 Å². The molecule has 0 atom stereocenters. The molecule has 1 aliphatic rings. The standard InChI is InChI=1S/C27H22N2O2S3/c1-28-21(27(30)31)17-20-9-10-23(32-20)24-13-14-26(34-24)25-12-11-22(33-25)18-5-7-19(8-6-18)29-15-3-2-4-16-29/h5-14,17H,2-4,15-16H2,(H,30,31)/b21-17-. The maximum atomic E-state index is 11.1. The van der Waals surface area contributed by atoms with Gasteiger partial charge in [0, 0.05) is 48.0 Å². The van der Waals surface area contributed by atoms with Crippen LogP contribution in [0.15, 0.2) is 66.4 Å². The van der Waals surface area contributed by atoms with Crippen LogP contribution in [-0.4, -0.2) is 24.2 Å². The van der Waals surface area contributed by atoms with Crippen molar-refractivity contribution < 1.29 is 9.90 Å².